The number of halogens is 2. The van der Waals surface area contributed by atoms with Crippen molar-refractivity contribution in [1.82, 2.24) is 10.3 Å². The van der Waals surface area contributed by atoms with Crippen molar-refractivity contribution in [2.75, 3.05) is 7.05 Å². The molecule has 1 aromatic carbocycles. The van der Waals surface area contributed by atoms with Crippen molar-refractivity contribution in [2.45, 2.75) is 26.3 Å². The van der Waals surface area contributed by atoms with E-state index in [0.717, 1.165) is 10.7 Å². The Morgan fingerprint density at radius 2 is 2.21 bits per heavy atom. The van der Waals surface area contributed by atoms with Gasteiger partial charge in [-0.25, -0.2) is 9.37 Å². The Labute approximate surface area is 121 Å². The molecule has 0 saturated carbocycles. The number of aromatic nitrogens is 1. The van der Waals surface area contributed by atoms with Crippen LogP contribution in [0.2, 0.25) is 5.02 Å². The lowest BCUT2D eigenvalue weighted by atomic mass is 10.1. The summed E-state index contributed by atoms with van der Waals surface area (Å²) in [4.78, 5) is 5.70. The molecule has 0 saturated heterocycles. The maximum Gasteiger partial charge on any atom is 0.128 e. The van der Waals surface area contributed by atoms with Crippen LogP contribution in [0.5, 0.6) is 0 Å². The van der Waals surface area contributed by atoms with Crippen LogP contribution in [0, 0.1) is 12.7 Å². The fourth-order valence-corrected chi connectivity index (χ4v) is 3.30. The lowest BCUT2D eigenvalue weighted by Gasteiger charge is -2.07. The summed E-state index contributed by atoms with van der Waals surface area (Å²) in [5.41, 5.74) is 1.51. The molecule has 0 bridgehead atoms. The molecule has 102 valence electrons. The van der Waals surface area contributed by atoms with Crippen LogP contribution in [0.1, 0.15) is 34.1 Å². The Morgan fingerprint density at radius 3 is 2.84 bits per heavy atom. The fourth-order valence-electron chi connectivity index (χ4n) is 1.93. The highest BCUT2D eigenvalue weighted by atomic mass is 35.5. The molecule has 0 aliphatic heterocycles. The Balaban J connectivity index is 2.29. The predicted octanol–water partition coefficient (Wildman–Crippen LogP) is 4.12. The minimum absolute atomic E-state index is 0.252. The number of benzene rings is 1. The lowest BCUT2D eigenvalue weighted by Crippen LogP contribution is -2.11. The molecule has 1 atom stereocenters. The molecular weight excluding hydrogens is 283 g/mol. The Hall–Kier alpha value is -0.970. The van der Waals surface area contributed by atoms with Crippen LogP contribution in [0.3, 0.4) is 0 Å². The SMILES string of the molecule is CNC(C)c1sc(Cc2c(F)cccc2Cl)nc1C. The minimum Gasteiger partial charge on any atom is -0.312 e. The lowest BCUT2D eigenvalue weighted by molar-refractivity contribution is 0.614. The molecule has 19 heavy (non-hydrogen) atoms. The summed E-state index contributed by atoms with van der Waals surface area (Å²) in [5.74, 6) is -0.274. The van der Waals surface area contributed by atoms with E-state index in [9.17, 15) is 4.39 Å². The zero-order chi connectivity index (χ0) is 14.0. The number of hydrogen-bond acceptors (Lipinski definition) is 3. The number of nitrogens with zero attached hydrogens (tertiary/aromatic N) is 1. The van der Waals surface area contributed by atoms with Gasteiger partial charge >= 0.3 is 0 Å². The second-order valence-corrected chi connectivity index (χ2v) is 5.97. The van der Waals surface area contributed by atoms with Gasteiger partial charge < -0.3 is 5.32 Å². The van der Waals surface area contributed by atoms with Gasteiger partial charge in [-0.3, -0.25) is 0 Å². The average molecular weight is 299 g/mol. The largest absolute Gasteiger partial charge is 0.312 e. The second-order valence-electron chi connectivity index (χ2n) is 4.44. The van der Waals surface area contributed by atoms with Crippen molar-refractivity contribution in [1.29, 1.82) is 0 Å². The van der Waals surface area contributed by atoms with Gasteiger partial charge in [0.15, 0.2) is 0 Å². The molecule has 1 aromatic heterocycles. The van der Waals surface area contributed by atoms with Crippen molar-refractivity contribution in [3.8, 4) is 0 Å². The van der Waals surface area contributed by atoms with Crippen molar-refractivity contribution >= 4 is 22.9 Å². The number of rotatable bonds is 4. The van der Waals surface area contributed by atoms with Crippen LogP contribution in [0.25, 0.3) is 0 Å². The highest BCUT2D eigenvalue weighted by molar-refractivity contribution is 7.11. The Morgan fingerprint density at radius 1 is 1.47 bits per heavy atom. The van der Waals surface area contributed by atoms with Crippen LogP contribution in [-0.2, 0) is 6.42 Å². The van der Waals surface area contributed by atoms with Crippen molar-refractivity contribution in [2.24, 2.45) is 0 Å². The molecule has 1 N–H and O–H groups in total. The first kappa shape index (κ1) is 14.4. The van der Waals surface area contributed by atoms with Gasteiger partial charge in [0.1, 0.15) is 5.82 Å². The Bertz CT molecular complexity index is 563. The molecule has 2 aromatic rings. The van der Waals surface area contributed by atoms with Gasteiger partial charge in [0.25, 0.3) is 0 Å². The maximum atomic E-state index is 13.7. The minimum atomic E-state index is -0.274. The third-order valence-corrected chi connectivity index (χ3v) is 4.79. The van der Waals surface area contributed by atoms with Gasteiger partial charge in [0.05, 0.1) is 10.7 Å². The third-order valence-electron chi connectivity index (χ3n) is 3.09. The van der Waals surface area contributed by atoms with Gasteiger partial charge in [0.2, 0.25) is 0 Å². The number of aryl methyl sites for hydroxylation is 1. The van der Waals surface area contributed by atoms with Gasteiger partial charge in [-0.1, -0.05) is 17.7 Å². The molecule has 2 rings (SSSR count). The zero-order valence-electron chi connectivity index (χ0n) is 11.1. The monoisotopic (exact) mass is 298 g/mol. The van der Waals surface area contributed by atoms with Crippen LogP contribution in [-0.4, -0.2) is 12.0 Å². The van der Waals surface area contributed by atoms with Crippen molar-refractivity contribution < 1.29 is 4.39 Å². The van der Waals surface area contributed by atoms with E-state index in [1.807, 2.05) is 14.0 Å². The van der Waals surface area contributed by atoms with E-state index < -0.39 is 0 Å². The van der Waals surface area contributed by atoms with Crippen molar-refractivity contribution in [3.05, 3.63) is 50.2 Å². The van der Waals surface area contributed by atoms with E-state index in [0.29, 0.717) is 17.0 Å². The average Bonchev–Trinajstić information content (AvgIpc) is 2.74. The summed E-state index contributed by atoms with van der Waals surface area (Å²) < 4.78 is 13.7. The summed E-state index contributed by atoms with van der Waals surface area (Å²) >= 11 is 7.65. The second kappa shape index (κ2) is 5.99. The van der Waals surface area contributed by atoms with Crippen LogP contribution in [0.4, 0.5) is 4.39 Å². The molecule has 5 heteroatoms. The van der Waals surface area contributed by atoms with Gasteiger partial charge in [0, 0.05) is 27.9 Å². The molecule has 0 amide bonds. The van der Waals surface area contributed by atoms with Crippen LogP contribution in [0.15, 0.2) is 18.2 Å². The normalized spacial score (nSPS) is 12.7. The highest BCUT2D eigenvalue weighted by Gasteiger charge is 2.15. The van der Waals surface area contributed by atoms with E-state index >= 15 is 0 Å². The summed E-state index contributed by atoms with van der Waals surface area (Å²) in [6.45, 7) is 4.06. The molecule has 2 nitrogen and oxygen atoms in total. The molecule has 1 unspecified atom stereocenters. The molecule has 0 aliphatic rings. The van der Waals surface area contributed by atoms with E-state index in [4.69, 9.17) is 11.6 Å². The van der Waals surface area contributed by atoms with Gasteiger partial charge in [-0.2, -0.15) is 0 Å². The molecule has 0 aliphatic carbocycles. The number of hydrogen-bond donors (Lipinski definition) is 1. The summed E-state index contributed by atoms with van der Waals surface area (Å²) in [7, 11) is 1.91. The molecule has 0 spiro atoms. The van der Waals surface area contributed by atoms with E-state index in [1.165, 1.54) is 10.9 Å². The summed E-state index contributed by atoms with van der Waals surface area (Å²) in [6.07, 6.45) is 0.438. The zero-order valence-corrected chi connectivity index (χ0v) is 12.7. The van der Waals surface area contributed by atoms with E-state index in [2.05, 4.69) is 17.2 Å². The fraction of sp³-hybridized carbons (Fsp3) is 0.357. The van der Waals surface area contributed by atoms with Gasteiger partial charge in [-0.15, -0.1) is 11.3 Å². The molecule has 1 heterocycles. The number of thiazole rings is 1. The number of nitrogens with one attached hydrogen (secondary N) is 1. The first-order chi connectivity index (χ1) is 9.02. The Kier molecular flexibility index (Phi) is 4.55. The highest BCUT2D eigenvalue weighted by Crippen LogP contribution is 2.28. The third kappa shape index (κ3) is 3.14. The van der Waals surface area contributed by atoms with E-state index in [-0.39, 0.29) is 11.9 Å². The topological polar surface area (TPSA) is 24.9 Å². The predicted molar refractivity (Wildman–Crippen MR) is 78.5 cm³/mol. The summed E-state index contributed by atoms with van der Waals surface area (Å²) in [5, 5.41) is 4.54. The molecule has 0 fully saturated rings. The quantitative estimate of drug-likeness (QED) is 0.918. The van der Waals surface area contributed by atoms with Crippen molar-refractivity contribution in [3.63, 3.8) is 0 Å². The maximum absolute atomic E-state index is 13.7. The summed E-state index contributed by atoms with van der Waals surface area (Å²) in [6, 6.07) is 5.00. The smallest absolute Gasteiger partial charge is 0.128 e. The van der Waals surface area contributed by atoms with Gasteiger partial charge in [-0.05, 0) is 33.0 Å². The standard InChI is InChI=1S/C14H16ClFN2S/c1-8(17-3)14-9(2)18-13(19-14)7-10-11(15)5-4-6-12(10)16/h4-6,8,17H,7H2,1-3H3. The van der Waals surface area contributed by atoms with Crippen LogP contribution >= 0.6 is 22.9 Å². The van der Waals surface area contributed by atoms with Crippen LogP contribution < -0.4 is 5.32 Å². The molecule has 0 radical (unpaired) electrons. The first-order valence-electron chi connectivity index (χ1n) is 6.09. The molecular formula is C14H16ClFN2S. The van der Waals surface area contributed by atoms with E-state index in [1.54, 1.807) is 23.5 Å². The first-order valence-corrected chi connectivity index (χ1v) is 7.28.